The van der Waals surface area contributed by atoms with Gasteiger partial charge in [-0.3, -0.25) is 9.89 Å². The van der Waals surface area contributed by atoms with Gasteiger partial charge in [0.25, 0.3) is 0 Å². The molecule has 20 heavy (non-hydrogen) atoms. The van der Waals surface area contributed by atoms with Crippen LogP contribution in [0.3, 0.4) is 0 Å². The lowest BCUT2D eigenvalue weighted by atomic mass is 10.2. The number of hydrogen-bond acceptors (Lipinski definition) is 3. The van der Waals surface area contributed by atoms with E-state index in [0.717, 1.165) is 45.2 Å². The first kappa shape index (κ1) is 17.2. The molecule has 1 saturated heterocycles. The lowest BCUT2D eigenvalue weighted by Gasteiger charge is -2.37. The highest BCUT2D eigenvalue weighted by Crippen LogP contribution is 2.10. The number of nitrogens with zero attached hydrogens (tertiary/aromatic N) is 2. The van der Waals surface area contributed by atoms with Crippen LogP contribution in [0.15, 0.2) is 4.99 Å². The van der Waals surface area contributed by atoms with Crippen LogP contribution in [0.25, 0.3) is 0 Å². The summed E-state index contributed by atoms with van der Waals surface area (Å²) >= 11 is 0. The van der Waals surface area contributed by atoms with Gasteiger partial charge < -0.3 is 15.4 Å². The van der Waals surface area contributed by atoms with E-state index in [2.05, 4.69) is 50.2 Å². The summed E-state index contributed by atoms with van der Waals surface area (Å²) in [5.74, 6) is 0.926. The summed E-state index contributed by atoms with van der Waals surface area (Å²) in [6.07, 6.45) is 1.10. The van der Waals surface area contributed by atoms with Crippen molar-refractivity contribution >= 4 is 5.96 Å². The Labute approximate surface area is 124 Å². The Morgan fingerprint density at radius 1 is 1.40 bits per heavy atom. The molecular formula is C15H32N4O. The molecule has 0 amide bonds. The SMILES string of the molecule is CCNC(=NCC(C)N1CCOCC1C)NC(C)CC. The monoisotopic (exact) mass is 284 g/mol. The van der Waals surface area contributed by atoms with Crippen LogP contribution in [0, 0.1) is 0 Å². The molecule has 1 aliphatic heterocycles. The van der Waals surface area contributed by atoms with Gasteiger partial charge in [-0.2, -0.15) is 0 Å². The molecule has 1 heterocycles. The van der Waals surface area contributed by atoms with E-state index in [1.54, 1.807) is 0 Å². The minimum Gasteiger partial charge on any atom is -0.379 e. The topological polar surface area (TPSA) is 48.9 Å². The van der Waals surface area contributed by atoms with Gasteiger partial charge in [-0.25, -0.2) is 0 Å². The van der Waals surface area contributed by atoms with Crippen LogP contribution >= 0.6 is 0 Å². The molecule has 1 rings (SSSR count). The Hall–Kier alpha value is -0.810. The molecule has 0 spiro atoms. The van der Waals surface area contributed by atoms with E-state index in [-0.39, 0.29) is 0 Å². The normalized spacial score (nSPS) is 24.2. The minimum absolute atomic E-state index is 0.446. The van der Waals surface area contributed by atoms with Crippen LogP contribution in [0.2, 0.25) is 0 Å². The quantitative estimate of drug-likeness (QED) is 0.572. The van der Waals surface area contributed by atoms with E-state index in [0.29, 0.717) is 18.1 Å². The second kappa shape index (κ2) is 9.19. The Morgan fingerprint density at radius 2 is 2.15 bits per heavy atom. The Bertz CT molecular complexity index is 296. The second-order valence-corrected chi connectivity index (χ2v) is 5.68. The molecule has 1 aliphatic rings. The van der Waals surface area contributed by atoms with Crippen LogP contribution in [0.5, 0.6) is 0 Å². The summed E-state index contributed by atoms with van der Waals surface area (Å²) in [4.78, 5) is 7.21. The van der Waals surface area contributed by atoms with Crippen molar-refractivity contribution in [2.24, 2.45) is 4.99 Å². The molecule has 0 bridgehead atoms. The molecule has 0 aromatic carbocycles. The molecule has 3 unspecified atom stereocenters. The van der Waals surface area contributed by atoms with Crippen molar-refractivity contribution < 1.29 is 4.74 Å². The van der Waals surface area contributed by atoms with Crippen molar-refractivity contribution in [1.82, 2.24) is 15.5 Å². The molecule has 5 heteroatoms. The summed E-state index contributed by atoms with van der Waals surface area (Å²) in [6, 6.07) is 1.38. The maximum absolute atomic E-state index is 5.49. The lowest BCUT2D eigenvalue weighted by Crippen LogP contribution is -2.50. The van der Waals surface area contributed by atoms with Crippen LogP contribution < -0.4 is 10.6 Å². The number of morpholine rings is 1. The van der Waals surface area contributed by atoms with E-state index >= 15 is 0 Å². The highest BCUT2D eigenvalue weighted by molar-refractivity contribution is 5.80. The van der Waals surface area contributed by atoms with Gasteiger partial charge in [0.1, 0.15) is 0 Å². The van der Waals surface area contributed by atoms with Crippen molar-refractivity contribution in [2.45, 2.75) is 59.2 Å². The van der Waals surface area contributed by atoms with Crippen LogP contribution in [0.4, 0.5) is 0 Å². The maximum atomic E-state index is 5.49. The molecule has 2 N–H and O–H groups in total. The van der Waals surface area contributed by atoms with E-state index in [4.69, 9.17) is 9.73 Å². The third-order valence-corrected chi connectivity index (χ3v) is 3.84. The standard InChI is InChI=1S/C15H32N4O/c1-6-12(3)18-15(16-7-2)17-10-13(4)19-8-9-20-11-14(19)5/h12-14H,6-11H2,1-5H3,(H2,16,17,18). The van der Waals surface area contributed by atoms with Crippen LogP contribution in [-0.2, 0) is 4.74 Å². The average molecular weight is 284 g/mol. The third kappa shape index (κ3) is 5.67. The number of ether oxygens (including phenoxy) is 1. The first-order valence-electron chi connectivity index (χ1n) is 7.96. The predicted octanol–water partition coefficient (Wildman–Crippen LogP) is 1.45. The fourth-order valence-electron chi connectivity index (χ4n) is 2.38. The molecule has 1 fully saturated rings. The van der Waals surface area contributed by atoms with Gasteiger partial charge in [0.15, 0.2) is 5.96 Å². The van der Waals surface area contributed by atoms with Crippen molar-refractivity contribution in [3.05, 3.63) is 0 Å². The van der Waals surface area contributed by atoms with Gasteiger partial charge in [-0.15, -0.1) is 0 Å². The smallest absolute Gasteiger partial charge is 0.191 e. The summed E-state index contributed by atoms with van der Waals surface area (Å²) in [6.45, 7) is 15.3. The minimum atomic E-state index is 0.446. The molecule has 5 nitrogen and oxygen atoms in total. The first-order chi connectivity index (χ1) is 9.58. The van der Waals surface area contributed by atoms with Crippen molar-refractivity contribution in [3.8, 4) is 0 Å². The van der Waals surface area contributed by atoms with Crippen molar-refractivity contribution in [2.75, 3.05) is 32.8 Å². The van der Waals surface area contributed by atoms with Crippen LogP contribution in [0.1, 0.15) is 41.0 Å². The van der Waals surface area contributed by atoms with E-state index in [1.165, 1.54) is 0 Å². The molecule has 0 aromatic rings. The highest BCUT2D eigenvalue weighted by Gasteiger charge is 2.23. The lowest BCUT2D eigenvalue weighted by molar-refractivity contribution is -0.0165. The predicted molar refractivity (Wildman–Crippen MR) is 85.3 cm³/mol. The van der Waals surface area contributed by atoms with Gasteiger partial charge in [0, 0.05) is 31.2 Å². The molecule has 0 radical (unpaired) electrons. The van der Waals surface area contributed by atoms with E-state index < -0.39 is 0 Å². The number of hydrogen-bond donors (Lipinski definition) is 2. The number of guanidine groups is 1. The van der Waals surface area contributed by atoms with Gasteiger partial charge in [0.05, 0.1) is 19.8 Å². The zero-order valence-corrected chi connectivity index (χ0v) is 13.8. The summed E-state index contributed by atoms with van der Waals surface area (Å²) in [5, 5.41) is 6.75. The van der Waals surface area contributed by atoms with Crippen molar-refractivity contribution in [3.63, 3.8) is 0 Å². The average Bonchev–Trinajstić information content (AvgIpc) is 2.45. The number of nitrogens with one attached hydrogen (secondary N) is 2. The first-order valence-corrected chi connectivity index (χ1v) is 7.96. The zero-order chi connectivity index (χ0) is 15.0. The zero-order valence-electron chi connectivity index (χ0n) is 13.8. The van der Waals surface area contributed by atoms with E-state index in [9.17, 15) is 0 Å². The molecular weight excluding hydrogens is 252 g/mol. The molecule has 118 valence electrons. The number of aliphatic imine (C=N–C) groups is 1. The summed E-state index contributed by atoms with van der Waals surface area (Å²) < 4.78 is 5.49. The van der Waals surface area contributed by atoms with Crippen molar-refractivity contribution in [1.29, 1.82) is 0 Å². The molecule has 0 aliphatic carbocycles. The van der Waals surface area contributed by atoms with Crippen LogP contribution in [-0.4, -0.2) is 61.8 Å². The largest absolute Gasteiger partial charge is 0.379 e. The van der Waals surface area contributed by atoms with Gasteiger partial charge >= 0.3 is 0 Å². The third-order valence-electron chi connectivity index (χ3n) is 3.84. The Balaban J connectivity index is 2.51. The van der Waals surface area contributed by atoms with E-state index in [1.807, 2.05) is 0 Å². The van der Waals surface area contributed by atoms with Gasteiger partial charge in [0.2, 0.25) is 0 Å². The summed E-state index contributed by atoms with van der Waals surface area (Å²) in [5.41, 5.74) is 0. The molecule has 0 saturated carbocycles. The molecule has 0 aromatic heterocycles. The molecule has 3 atom stereocenters. The highest BCUT2D eigenvalue weighted by atomic mass is 16.5. The fraction of sp³-hybridized carbons (Fsp3) is 0.933. The number of rotatable bonds is 6. The van der Waals surface area contributed by atoms with Gasteiger partial charge in [-0.05, 0) is 34.1 Å². The Kier molecular flexibility index (Phi) is 7.92. The van der Waals surface area contributed by atoms with Gasteiger partial charge in [-0.1, -0.05) is 6.92 Å². The fourth-order valence-corrected chi connectivity index (χ4v) is 2.38. The summed E-state index contributed by atoms with van der Waals surface area (Å²) in [7, 11) is 0. The second-order valence-electron chi connectivity index (χ2n) is 5.68. The maximum Gasteiger partial charge on any atom is 0.191 e. The Morgan fingerprint density at radius 3 is 2.75 bits per heavy atom.